The maximum absolute atomic E-state index is 12.0. The second kappa shape index (κ2) is 8.75. The van der Waals surface area contributed by atoms with Crippen molar-refractivity contribution >= 4 is 34.4 Å². The number of fused-ring (bicyclic) bond motifs is 1. The highest BCUT2D eigenvalue weighted by Gasteiger charge is 2.14. The van der Waals surface area contributed by atoms with E-state index in [1.54, 1.807) is 30.3 Å². The Labute approximate surface area is 164 Å². The molecule has 0 unspecified atom stereocenters. The topological polar surface area (TPSA) is 85.9 Å². The van der Waals surface area contributed by atoms with Crippen LogP contribution < -0.4 is 24.8 Å². The lowest BCUT2D eigenvalue weighted by atomic mass is 10.2. The molecule has 2 N–H and O–H groups in total. The molecule has 0 spiro atoms. The second-order valence-corrected chi connectivity index (χ2v) is 6.54. The van der Waals surface area contributed by atoms with Gasteiger partial charge >= 0.3 is 0 Å². The summed E-state index contributed by atoms with van der Waals surface area (Å²) in [5.74, 6) is 1.41. The van der Waals surface area contributed by atoms with E-state index >= 15 is 0 Å². The van der Waals surface area contributed by atoms with Gasteiger partial charge in [0.05, 0.1) is 18.7 Å². The van der Waals surface area contributed by atoms with Crippen molar-refractivity contribution in [1.82, 2.24) is 10.6 Å². The van der Waals surface area contributed by atoms with Gasteiger partial charge in [-0.15, -0.1) is 0 Å². The molecule has 2 amide bonds. The van der Waals surface area contributed by atoms with Crippen molar-refractivity contribution in [2.45, 2.75) is 0 Å². The van der Waals surface area contributed by atoms with Crippen molar-refractivity contribution in [1.29, 1.82) is 0 Å². The zero-order valence-electron chi connectivity index (χ0n) is 13.8. The van der Waals surface area contributed by atoms with Gasteiger partial charge in [-0.25, -0.2) is 0 Å². The third-order valence-electron chi connectivity index (χ3n) is 3.56. The first-order chi connectivity index (χ1) is 12.6. The summed E-state index contributed by atoms with van der Waals surface area (Å²) >= 11 is 2.08. The van der Waals surface area contributed by atoms with Crippen molar-refractivity contribution < 1.29 is 23.8 Å². The molecule has 0 saturated carbocycles. The number of benzene rings is 2. The number of hydrogen-bond acceptors (Lipinski definition) is 5. The Kier molecular flexibility index (Phi) is 6.16. The van der Waals surface area contributed by atoms with Gasteiger partial charge < -0.3 is 24.8 Å². The quantitative estimate of drug-likeness (QED) is 0.480. The molecule has 7 nitrogen and oxygen atoms in total. The van der Waals surface area contributed by atoms with Crippen molar-refractivity contribution in [2.24, 2.45) is 0 Å². The fraction of sp³-hybridized carbons (Fsp3) is 0.222. The number of amides is 2. The van der Waals surface area contributed by atoms with E-state index in [1.165, 1.54) is 0 Å². The Morgan fingerprint density at radius 3 is 2.73 bits per heavy atom. The van der Waals surface area contributed by atoms with Crippen LogP contribution in [0.1, 0.15) is 10.4 Å². The smallest absolute Gasteiger partial charge is 0.252 e. The van der Waals surface area contributed by atoms with Crippen LogP contribution in [0.2, 0.25) is 0 Å². The molecule has 0 atom stereocenters. The van der Waals surface area contributed by atoms with Gasteiger partial charge in [0.15, 0.2) is 11.5 Å². The molecular weight excluding hydrogens is 451 g/mol. The maximum atomic E-state index is 12.0. The molecule has 0 saturated heterocycles. The monoisotopic (exact) mass is 468 g/mol. The summed E-state index contributed by atoms with van der Waals surface area (Å²) < 4.78 is 16.9. The summed E-state index contributed by atoms with van der Waals surface area (Å²) in [7, 11) is 0. The largest absolute Gasteiger partial charge is 0.492 e. The average molecular weight is 468 g/mol. The first-order valence-corrected chi connectivity index (χ1v) is 9.03. The van der Waals surface area contributed by atoms with E-state index in [0.29, 0.717) is 36.0 Å². The molecule has 2 aromatic carbocycles. The molecule has 26 heavy (non-hydrogen) atoms. The molecule has 1 aliphatic rings. The normalized spacial score (nSPS) is 11.7. The molecule has 1 heterocycles. The number of ether oxygens (including phenoxy) is 3. The van der Waals surface area contributed by atoms with Crippen LogP contribution >= 0.6 is 22.6 Å². The van der Waals surface area contributed by atoms with Crippen molar-refractivity contribution in [3.63, 3.8) is 0 Å². The minimum Gasteiger partial charge on any atom is -0.492 e. The predicted octanol–water partition coefficient (Wildman–Crippen LogP) is 1.94. The molecule has 136 valence electrons. The molecule has 0 fully saturated rings. The zero-order chi connectivity index (χ0) is 18.4. The summed E-state index contributed by atoms with van der Waals surface area (Å²) in [5.41, 5.74) is 0.548. The SMILES string of the molecule is O=C(CNC(=O)c1ccccc1I)NCCOc1ccc2c(c1)OCO2. The maximum Gasteiger partial charge on any atom is 0.252 e. The van der Waals surface area contributed by atoms with Crippen molar-refractivity contribution in [3.05, 3.63) is 51.6 Å². The fourth-order valence-corrected chi connectivity index (χ4v) is 2.92. The Morgan fingerprint density at radius 1 is 1.08 bits per heavy atom. The summed E-state index contributed by atoms with van der Waals surface area (Å²) in [6.07, 6.45) is 0. The number of carbonyl (C=O) groups is 2. The Hall–Kier alpha value is -2.49. The number of carbonyl (C=O) groups excluding carboxylic acids is 2. The number of hydrogen-bond donors (Lipinski definition) is 2. The van der Waals surface area contributed by atoms with Gasteiger partial charge in [0.2, 0.25) is 12.7 Å². The lowest BCUT2D eigenvalue weighted by molar-refractivity contribution is -0.120. The van der Waals surface area contributed by atoms with Gasteiger partial charge in [0, 0.05) is 9.64 Å². The Morgan fingerprint density at radius 2 is 1.88 bits per heavy atom. The van der Waals surface area contributed by atoms with E-state index < -0.39 is 0 Å². The summed E-state index contributed by atoms with van der Waals surface area (Å²) in [4.78, 5) is 23.8. The van der Waals surface area contributed by atoms with Gasteiger partial charge in [0.1, 0.15) is 12.4 Å². The van der Waals surface area contributed by atoms with Crippen LogP contribution in [0.4, 0.5) is 0 Å². The van der Waals surface area contributed by atoms with Crippen LogP contribution in [0.3, 0.4) is 0 Å². The van der Waals surface area contributed by atoms with Crippen molar-refractivity contribution in [2.75, 3.05) is 26.5 Å². The van der Waals surface area contributed by atoms with Crippen LogP contribution in [0.5, 0.6) is 17.2 Å². The van der Waals surface area contributed by atoms with Crippen molar-refractivity contribution in [3.8, 4) is 17.2 Å². The highest BCUT2D eigenvalue weighted by atomic mass is 127. The Balaban J connectivity index is 1.35. The standard InChI is InChI=1S/C18H17IN2O5/c19-14-4-2-1-3-13(14)18(23)21-10-17(22)20-7-8-24-12-5-6-15-16(9-12)26-11-25-15/h1-6,9H,7-8,10-11H2,(H,20,22)(H,21,23). The Bertz CT molecular complexity index is 812. The van der Waals surface area contributed by atoms with Crippen LogP contribution in [-0.2, 0) is 4.79 Å². The molecule has 0 radical (unpaired) electrons. The van der Waals surface area contributed by atoms with E-state index in [2.05, 4.69) is 33.2 Å². The highest BCUT2D eigenvalue weighted by molar-refractivity contribution is 14.1. The lowest BCUT2D eigenvalue weighted by Crippen LogP contribution is -2.38. The third-order valence-corrected chi connectivity index (χ3v) is 4.51. The molecule has 2 aromatic rings. The number of halogens is 1. The summed E-state index contributed by atoms with van der Waals surface area (Å²) in [6.45, 7) is 0.748. The molecule has 0 aromatic heterocycles. The first-order valence-electron chi connectivity index (χ1n) is 7.95. The summed E-state index contributed by atoms with van der Waals surface area (Å²) in [6, 6.07) is 12.5. The van der Waals surface area contributed by atoms with Gasteiger partial charge in [-0.2, -0.15) is 0 Å². The number of rotatable bonds is 7. The van der Waals surface area contributed by atoms with E-state index in [9.17, 15) is 9.59 Å². The van der Waals surface area contributed by atoms with Gasteiger partial charge in [-0.1, -0.05) is 12.1 Å². The zero-order valence-corrected chi connectivity index (χ0v) is 15.9. The molecule has 3 rings (SSSR count). The predicted molar refractivity (Wildman–Crippen MR) is 103 cm³/mol. The van der Waals surface area contributed by atoms with E-state index in [4.69, 9.17) is 14.2 Å². The van der Waals surface area contributed by atoms with Crippen LogP contribution in [0.15, 0.2) is 42.5 Å². The van der Waals surface area contributed by atoms with Crippen LogP contribution in [-0.4, -0.2) is 38.3 Å². The molecule has 0 aliphatic carbocycles. The van der Waals surface area contributed by atoms with Gasteiger partial charge in [-0.05, 0) is 46.9 Å². The van der Waals surface area contributed by atoms with E-state index in [1.807, 2.05) is 12.1 Å². The minimum absolute atomic E-state index is 0.0895. The average Bonchev–Trinajstić information content (AvgIpc) is 3.11. The van der Waals surface area contributed by atoms with Gasteiger partial charge in [0.25, 0.3) is 5.91 Å². The molecular formula is C18H17IN2O5. The highest BCUT2D eigenvalue weighted by Crippen LogP contribution is 2.34. The first kappa shape index (κ1) is 18.3. The molecule has 0 bridgehead atoms. The van der Waals surface area contributed by atoms with Crippen LogP contribution in [0.25, 0.3) is 0 Å². The second-order valence-electron chi connectivity index (χ2n) is 5.38. The van der Waals surface area contributed by atoms with E-state index in [-0.39, 0.29) is 25.2 Å². The fourth-order valence-electron chi connectivity index (χ4n) is 2.29. The lowest BCUT2D eigenvalue weighted by Gasteiger charge is -2.09. The molecule has 8 heteroatoms. The number of nitrogens with one attached hydrogen (secondary N) is 2. The van der Waals surface area contributed by atoms with E-state index in [0.717, 1.165) is 3.57 Å². The molecule has 1 aliphatic heterocycles. The minimum atomic E-state index is -0.279. The summed E-state index contributed by atoms with van der Waals surface area (Å²) in [5, 5.41) is 5.29. The van der Waals surface area contributed by atoms with Gasteiger partial charge in [-0.3, -0.25) is 9.59 Å². The third kappa shape index (κ3) is 4.78. The van der Waals surface area contributed by atoms with Crippen LogP contribution in [0, 0.1) is 3.57 Å².